The minimum Gasteiger partial charge on any atom is -0.352 e. The molecule has 132 valence electrons. The van der Waals surface area contributed by atoms with E-state index in [0.29, 0.717) is 24.5 Å². The molecule has 0 aliphatic carbocycles. The highest BCUT2D eigenvalue weighted by Gasteiger charge is 2.26. The van der Waals surface area contributed by atoms with Gasteiger partial charge in [0, 0.05) is 26.2 Å². The van der Waals surface area contributed by atoms with Crippen molar-refractivity contribution in [2.75, 3.05) is 26.2 Å². The maximum absolute atomic E-state index is 12.7. The Balaban J connectivity index is 1.66. The van der Waals surface area contributed by atoms with Gasteiger partial charge in [-0.15, -0.1) is 0 Å². The summed E-state index contributed by atoms with van der Waals surface area (Å²) in [7, 11) is -3.43. The van der Waals surface area contributed by atoms with Gasteiger partial charge in [-0.25, -0.2) is 8.42 Å². The first-order chi connectivity index (χ1) is 11.6. The van der Waals surface area contributed by atoms with Crippen LogP contribution in [-0.4, -0.2) is 44.8 Å². The maximum Gasteiger partial charge on any atom is 0.243 e. The molecular formula is C17H25N3O3S. The Bertz CT molecular complexity index is 678. The van der Waals surface area contributed by atoms with Gasteiger partial charge < -0.3 is 10.6 Å². The molecule has 0 aromatic heterocycles. The zero-order valence-electron chi connectivity index (χ0n) is 13.8. The lowest BCUT2D eigenvalue weighted by atomic mass is 10.1. The molecule has 24 heavy (non-hydrogen) atoms. The van der Waals surface area contributed by atoms with Crippen molar-refractivity contribution in [1.29, 1.82) is 0 Å². The summed E-state index contributed by atoms with van der Waals surface area (Å²) in [5.41, 5.74) is 0.812. The molecule has 1 aromatic carbocycles. The van der Waals surface area contributed by atoms with E-state index < -0.39 is 10.0 Å². The molecule has 2 fully saturated rings. The largest absolute Gasteiger partial charge is 0.352 e. The fourth-order valence-corrected chi connectivity index (χ4v) is 4.87. The summed E-state index contributed by atoms with van der Waals surface area (Å²) in [6.45, 7) is 3.14. The molecule has 2 aliphatic rings. The van der Waals surface area contributed by atoms with E-state index in [9.17, 15) is 13.2 Å². The number of benzene rings is 1. The molecule has 2 heterocycles. The molecule has 6 nitrogen and oxygen atoms in total. The Labute approximate surface area is 143 Å². The average molecular weight is 351 g/mol. The Kier molecular flexibility index (Phi) is 5.53. The van der Waals surface area contributed by atoms with Gasteiger partial charge in [-0.05, 0) is 43.5 Å². The summed E-state index contributed by atoms with van der Waals surface area (Å²) in [6.07, 6.45) is 3.79. The lowest BCUT2D eigenvalue weighted by Gasteiger charge is -2.26. The Morgan fingerprint density at radius 2 is 2.04 bits per heavy atom. The monoisotopic (exact) mass is 351 g/mol. The highest BCUT2D eigenvalue weighted by molar-refractivity contribution is 7.89. The van der Waals surface area contributed by atoms with Crippen LogP contribution in [0.4, 0.5) is 0 Å². The number of carbonyl (C=O) groups is 1. The average Bonchev–Trinajstić information content (AvgIpc) is 3.15. The van der Waals surface area contributed by atoms with Crippen molar-refractivity contribution in [3.63, 3.8) is 0 Å². The van der Waals surface area contributed by atoms with Crippen molar-refractivity contribution in [3.05, 3.63) is 29.8 Å². The maximum atomic E-state index is 12.7. The van der Waals surface area contributed by atoms with Crippen LogP contribution in [0.25, 0.3) is 0 Å². The number of rotatable bonds is 5. The van der Waals surface area contributed by atoms with Crippen LogP contribution < -0.4 is 10.6 Å². The molecule has 2 aliphatic heterocycles. The summed E-state index contributed by atoms with van der Waals surface area (Å²) in [5, 5.41) is 6.08. The minimum absolute atomic E-state index is 0.0188. The number of sulfonamides is 1. The van der Waals surface area contributed by atoms with E-state index in [-0.39, 0.29) is 11.8 Å². The Hall–Kier alpha value is -1.44. The van der Waals surface area contributed by atoms with Crippen LogP contribution in [0.15, 0.2) is 29.2 Å². The highest BCUT2D eigenvalue weighted by Crippen LogP contribution is 2.21. The second-order valence-electron chi connectivity index (χ2n) is 6.52. The van der Waals surface area contributed by atoms with E-state index in [2.05, 4.69) is 10.6 Å². The molecule has 1 amide bonds. The SMILES string of the molecule is O=C(NCc1cccc(S(=O)(=O)N2CCCCC2)c1)C1CCNC1. The first-order valence-corrected chi connectivity index (χ1v) is 10.1. The Morgan fingerprint density at radius 3 is 2.75 bits per heavy atom. The summed E-state index contributed by atoms with van der Waals surface area (Å²) in [6, 6.07) is 6.91. The van der Waals surface area contributed by atoms with Gasteiger partial charge in [0.05, 0.1) is 10.8 Å². The lowest BCUT2D eigenvalue weighted by Crippen LogP contribution is -2.35. The summed E-state index contributed by atoms with van der Waals surface area (Å²) in [5.74, 6) is 0.0505. The number of amides is 1. The van der Waals surface area contributed by atoms with Crippen molar-refractivity contribution >= 4 is 15.9 Å². The molecule has 1 aromatic rings. The highest BCUT2D eigenvalue weighted by atomic mass is 32.2. The van der Waals surface area contributed by atoms with E-state index in [1.165, 1.54) is 0 Å². The van der Waals surface area contributed by atoms with Crippen molar-refractivity contribution in [1.82, 2.24) is 14.9 Å². The lowest BCUT2D eigenvalue weighted by molar-refractivity contribution is -0.124. The predicted octanol–water partition coefficient (Wildman–Crippen LogP) is 1.09. The van der Waals surface area contributed by atoms with Gasteiger partial charge in [0.2, 0.25) is 15.9 Å². The predicted molar refractivity (Wildman–Crippen MR) is 91.9 cm³/mol. The number of hydrogen-bond donors (Lipinski definition) is 2. The van der Waals surface area contributed by atoms with Crippen LogP contribution in [0.2, 0.25) is 0 Å². The van der Waals surface area contributed by atoms with Crippen molar-refractivity contribution < 1.29 is 13.2 Å². The first-order valence-electron chi connectivity index (χ1n) is 8.65. The molecular weight excluding hydrogens is 326 g/mol. The topological polar surface area (TPSA) is 78.5 Å². The Morgan fingerprint density at radius 1 is 1.25 bits per heavy atom. The quantitative estimate of drug-likeness (QED) is 0.832. The first kappa shape index (κ1) is 17.4. The van der Waals surface area contributed by atoms with Gasteiger partial charge >= 0.3 is 0 Å². The standard InChI is InChI=1S/C17H25N3O3S/c21-17(15-7-8-18-13-15)19-12-14-5-4-6-16(11-14)24(22,23)20-9-2-1-3-10-20/h4-6,11,15,18H,1-3,7-10,12-13H2,(H,19,21). The van der Waals surface area contributed by atoms with Crippen LogP contribution in [-0.2, 0) is 21.4 Å². The van der Waals surface area contributed by atoms with Crippen molar-refractivity contribution in [2.24, 2.45) is 5.92 Å². The number of nitrogens with one attached hydrogen (secondary N) is 2. The third-order valence-electron chi connectivity index (χ3n) is 4.75. The second-order valence-corrected chi connectivity index (χ2v) is 8.46. The fourth-order valence-electron chi connectivity index (χ4n) is 3.28. The molecule has 1 unspecified atom stereocenters. The molecule has 1 atom stereocenters. The third kappa shape index (κ3) is 3.96. The normalized spacial score (nSPS) is 22.4. The number of carbonyl (C=O) groups excluding carboxylic acids is 1. The number of hydrogen-bond acceptors (Lipinski definition) is 4. The van der Waals surface area contributed by atoms with E-state index >= 15 is 0 Å². The van der Waals surface area contributed by atoms with Crippen LogP contribution >= 0.6 is 0 Å². The zero-order valence-corrected chi connectivity index (χ0v) is 14.6. The number of nitrogens with zero attached hydrogens (tertiary/aromatic N) is 1. The van der Waals surface area contributed by atoms with Crippen molar-refractivity contribution in [3.8, 4) is 0 Å². The van der Waals surface area contributed by atoms with E-state index in [4.69, 9.17) is 0 Å². The van der Waals surface area contributed by atoms with Gasteiger partial charge in [-0.3, -0.25) is 4.79 Å². The fraction of sp³-hybridized carbons (Fsp3) is 0.588. The molecule has 0 spiro atoms. The second kappa shape index (κ2) is 7.63. The minimum atomic E-state index is -3.43. The molecule has 7 heteroatoms. The van der Waals surface area contributed by atoms with Crippen molar-refractivity contribution in [2.45, 2.75) is 37.1 Å². The molecule has 0 radical (unpaired) electrons. The van der Waals surface area contributed by atoms with E-state index in [1.807, 2.05) is 6.07 Å². The molecule has 2 N–H and O–H groups in total. The van der Waals surface area contributed by atoms with Gasteiger partial charge in [0.15, 0.2) is 0 Å². The van der Waals surface area contributed by atoms with Crippen LogP contribution in [0, 0.1) is 5.92 Å². The van der Waals surface area contributed by atoms with Gasteiger partial charge in [-0.1, -0.05) is 18.6 Å². The van der Waals surface area contributed by atoms with Crippen LogP contribution in [0.1, 0.15) is 31.2 Å². The van der Waals surface area contributed by atoms with E-state index in [1.54, 1.807) is 22.5 Å². The van der Waals surface area contributed by atoms with E-state index in [0.717, 1.165) is 44.3 Å². The van der Waals surface area contributed by atoms with Crippen LogP contribution in [0.3, 0.4) is 0 Å². The van der Waals surface area contributed by atoms with Gasteiger partial charge in [0.1, 0.15) is 0 Å². The third-order valence-corrected chi connectivity index (χ3v) is 6.64. The van der Waals surface area contributed by atoms with Gasteiger partial charge in [-0.2, -0.15) is 4.31 Å². The summed E-state index contributed by atoms with van der Waals surface area (Å²) < 4.78 is 27.0. The molecule has 2 saturated heterocycles. The molecule has 0 bridgehead atoms. The summed E-state index contributed by atoms with van der Waals surface area (Å²) >= 11 is 0. The molecule has 0 saturated carbocycles. The zero-order chi connectivity index (χ0) is 17.0. The molecule has 3 rings (SSSR count). The smallest absolute Gasteiger partial charge is 0.243 e. The number of piperidine rings is 1. The summed E-state index contributed by atoms with van der Waals surface area (Å²) in [4.78, 5) is 12.4. The van der Waals surface area contributed by atoms with Gasteiger partial charge in [0.25, 0.3) is 0 Å². The van der Waals surface area contributed by atoms with Crippen LogP contribution in [0.5, 0.6) is 0 Å².